The number of rotatable bonds is 9. The summed E-state index contributed by atoms with van der Waals surface area (Å²) in [4.78, 5) is 0. The van der Waals surface area contributed by atoms with Gasteiger partial charge in [-0.3, -0.25) is 0 Å². The molecule has 21 heavy (non-hydrogen) atoms. The van der Waals surface area contributed by atoms with Crippen molar-refractivity contribution in [3.05, 3.63) is 33.8 Å². The first-order chi connectivity index (χ1) is 9.89. The van der Waals surface area contributed by atoms with E-state index in [1.807, 2.05) is 6.07 Å². The molecule has 0 amide bonds. The van der Waals surface area contributed by atoms with E-state index in [2.05, 4.69) is 12.2 Å². The van der Waals surface area contributed by atoms with Crippen LogP contribution in [0.1, 0.15) is 44.7 Å². The molecule has 0 aromatic heterocycles. The van der Waals surface area contributed by atoms with Gasteiger partial charge in [0.25, 0.3) is 0 Å². The summed E-state index contributed by atoms with van der Waals surface area (Å²) in [5, 5.41) is 4.72. The summed E-state index contributed by atoms with van der Waals surface area (Å²) in [5.41, 5.74) is 0.937. The average molecular weight is 352 g/mol. The second kappa shape index (κ2) is 8.99. The molecule has 1 rings (SSSR count). The minimum absolute atomic E-state index is 0.0307. The van der Waals surface area contributed by atoms with E-state index in [1.165, 1.54) is 0 Å². The van der Waals surface area contributed by atoms with Gasteiger partial charge in [0.05, 0.1) is 5.75 Å². The average Bonchev–Trinajstić information content (AvgIpc) is 2.45. The molecule has 1 unspecified atom stereocenters. The van der Waals surface area contributed by atoms with Crippen LogP contribution in [0.5, 0.6) is 0 Å². The smallest absolute Gasteiger partial charge is 0.150 e. The SMILES string of the molecule is CCCNC(CCCS(=O)(=O)CC)c1cc(Cl)ccc1Cl. The molecule has 1 aromatic rings. The summed E-state index contributed by atoms with van der Waals surface area (Å²) in [7, 11) is -2.92. The van der Waals surface area contributed by atoms with Crippen LogP contribution in [0.4, 0.5) is 0 Å². The maximum absolute atomic E-state index is 11.6. The monoisotopic (exact) mass is 351 g/mol. The van der Waals surface area contributed by atoms with E-state index in [-0.39, 0.29) is 17.5 Å². The Morgan fingerprint density at radius 2 is 1.95 bits per heavy atom. The second-order valence-electron chi connectivity index (χ2n) is 5.05. The lowest BCUT2D eigenvalue weighted by atomic mass is 10.0. The quantitative estimate of drug-likeness (QED) is 0.723. The Labute approximate surface area is 137 Å². The van der Waals surface area contributed by atoms with Crippen LogP contribution in [0, 0.1) is 0 Å². The summed E-state index contributed by atoms with van der Waals surface area (Å²) in [5.74, 6) is 0.407. The summed E-state index contributed by atoms with van der Waals surface area (Å²) in [6, 6.07) is 5.42. The Morgan fingerprint density at radius 1 is 1.24 bits per heavy atom. The summed E-state index contributed by atoms with van der Waals surface area (Å²) in [6.45, 7) is 4.62. The first kappa shape index (κ1) is 18.8. The predicted molar refractivity (Wildman–Crippen MR) is 91.1 cm³/mol. The molecule has 0 aliphatic heterocycles. The Bertz CT molecular complexity index is 547. The zero-order valence-corrected chi connectivity index (χ0v) is 14.9. The Balaban J connectivity index is 2.78. The van der Waals surface area contributed by atoms with Gasteiger partial charge in [-0.05, 0) is 49.6 Å². The minimum Gasteiger partial charge on any atom is -0.310 e. The van der Waals surface area contributed by atoms with Crippen molar-refractivity contribution >= 4 is 33.0 Å². The number of nitrogens with one attached hydrogen (secondary N) is 1. The van der Waals surface area contributed by atoms with Gasteiger partial charge in [-0.2, -0.15) is 0 Å². The topological polar surface area (TPSA) is 46.2 Å². The Morgan fingerprint density at radius 3 is 2.57 bits per heavy atom. The number of hydrogen-bond donors (Lipinski definition) is 1. The van der Waals surface area contributed by atoms with Gasteiger partial charge in [0.1, 0.15) is 9.84 Å². The Hall–Kier alpha value is -0.290. The highest BCUT2D eigenvalue weighted by atomic mass is 35.5. The second-order valence-corrected chi connectivity index (χ2v) is 8.37. The van der Waals surface area contributed by atoms with Crippen molar-refractivity contribution < 1.29 is 8.42 Å². The maximum Gasteiger partial charge on any atom is 0.150 e. The van der Waals surface area contributed by atoms with E-state index in [0.717, 1.165) is 24.9 Å². The van der Waals surface area contributed by atoms with Crippen molar-refractivity contribution in [1.29, 1.82) is 0 Å². The van der Waals surface area contributed by atoms with Crippen LogP contribution in [0.15, 0.2) is 18.2 Å². The van der Waals surface area contributed by atoms with Gasteiger partial charge in [-0.15, -0.1) is 0 Å². The standard InChI is InChI=1S/C15H23Cl2NO2S/c1-3-9-18-15(6-5-10-21(19,20)4-2)13-11-12(16)7-8-14(13)17/h7-8,11,15,18H,3-6,9-10H2,1-2H3. The Kier molecular flexibility index (Phi) is 8.03. The molecule has 0 heterocycles. The van der Waals surface area contributed by atoms with Gasteiger partial charge in [-0.25, -0.2) is 8.42 Å². The number of sulfone groups is 1. The van der Waals surface area contributed by atoms with Gasteiger partial charge in [0.2, 0.25) is 0 Å². The van der Waals surface area contributed by atoms with Crippen molar-refractivity contribution in [3.63, 3.8) is 0 Å². The molecule has 1 aromatic carbocycles. The fraction of sp³-hybridized carbons (Fsp3) is 0.600. The van der Waals surface area contributed by atoms with Crippen molar-refractivity contribution in [2.24, 2.45) is 0 Å². The molecule has 0 spiro atoms. The van der Waals surface area contributed by atoms with Crippen molar-refractivity contribution in [2.75, 3.05) is 18.1 Å². The molecule has 0 aliphatic rings. The largest absolute Gasteiger partial charge is 0.310 e. The van der Waals surface area contributed by atoms with Crippen LogP contribution in [0.2, 0.25) is 10.0 Å². The summed E-state index contributed by atoms with van der Waals surface area (Å²) < 4.78 is 23.2. The first-order valence-electron chi connectivity index (χ1n) is 7.28. The third-order valence-electron chi connectivity index (χ3n) is 3.36. The van der Waals surface area contributed by atoms with Crippen molar-refractivity contribution in [2.45, 2.75) is 39.2 Å². The van der Waals surface area contributed by atoms with Crippen LogP contribution >= 0.6 is 23.2 Å². The number of halogens is 2. The molecule has 1 N–H and O–H groups in total. The number of benzene rings is 1. The molecule has 120 valence electrons. The molecule has 0 radical (unpaired) electrons. The van der Waals surface area contributed by atoms with Crippen LogP contribution in [-0.2, 0) is 9.84 Å². The van der Waals surface area contributed by atoms with E-state index >= 15 is 0 Å². The van der Waals surface area contributed by atoms with Crippen LogP contribution in [0.25, 0.3) is 0 Å². The molecular weight excluding hydrogens is 329 g/mol. The molecule has 0 aliphatic carbocycles. The normalized spacial score (nSPS) is 13.3. The van der Waals surface area contributed by atoms with E-state index in [9.17, 15) is 8.42 Å². The zero-order chi connectivity index (χ0) is 15.9. The molecule has 1 atom stereocenters. The van der Waals surface area contributed by atoms with E-state index in [0.29, 0.717) is 16.5 Å². The van der Waals surface area contributed by atoms with Gasteiger partial charge < -0.3 is 5.32 Å². The van der Waals surface area contributed by atoms with Gasteiger partial charge in [0.15, 0.2) is 0 Å². The number of hydrogen-bond acceptors (Lipinski definition) is 3. The van der Waals surface area contributed by atoms with E-state index < -0.39 is 9.84 Å². The van der Waals surface area contributed by atoms with Gasteiger partial charge in [0, 0.05) is 21.8 Å². The van der Waals surface area contributed by atoms with E-state index in [1.54, 1.807) is 19.1 Å². The molecule has 6 heteroatoms. The molecule has 0 saturated heterocycles. The van der Waals surface area contributed by atoms with Crippen molar-refractivity contribution in [1.82, 2.24) is 5.32 Å². The lowest BCUT2D eigenvalue weighted by Gasteiger charge is -2.20. The van der Waals surface area contributed by atoms with Crippen LogP contribution in [-0.4, -0.2) is 26.5 Å². The highest BCUT2D eigenvalue weighted by Gasteiger charge is 2.16. The third-order valence-corrected chi connectivity index (χ3v) is 5.73. The lowest BCUT2D eigenvalue weighted by Crippen LogP contribution is -2.23. The first-order valence-corrected chi connectivity index (χ1v) is 9.86. The molecule has 0 bridgehead atoms. The fourth-order valence-electron chi connectivity index (χ4n) is 2.12. The summed E-state index contributed by atoms with van der Waals surface area (Å²) >= 11 is 12.3. The van der Waals surface area contributed by atoms with Gasteiger partial charge >= 0.3 is 0 Å². The fourth-order valence-corrected chi connectivity index (χ4v) is 3.44. The van der Waals surface area contributed by atoms with Crippen molar-refractivity contribution in [3.8, 4) is 0 Å². The molecular formula is C15H23Cl2NO2S. The van der Waals surface area contributed by atoms with Crippen LogP contribution in [0.3, 0.4) is 0 Å². The van der Waals surface area contributed by atoms with Gasteiger partial charge in [-0.1, -0.05) is 37.0 Å². The van der Waals surface area contributed by atoms with Crippen LogP contribution < -0.4 is 5.32 Å². The summed E-state index contributed by atoms with van der Waals surface area (Å²) in [6.07, 6.45) is 2.33. The third kappa shape index (κ3) is 6.55. The highest BCUT2D eigenvalue weighted by molar-refractivity contribution is 7.91. The maximum atomic E-state index is 11.6. The molecule has 3 nitrogen and oxygen atoms in total. The highest BCUT2D eigenvalue weighted by Crippen LogP contribution is 2.29. The molecule has 0 fully saturated rings. The molecule has 0 saturated carbocycles. The van der Waals surface area contributed by atoms with E-state index in [4.69, 9.17) is 23.2 Å². The lowest BCUT2D eigenvalue weighted by molar-refractivity contribution is 0.492. The minimum atomic E-state index is -2.92. The zero-order valence-electron chi connectivity index (χ0n) is 12.5. The predicted octanol–water partition coefficient (Wildman–Crippen LogP) is 4.25.